The van der Waals surface area contributed by atoms with Crippen LogP contribution in [0.15, 0.2) is 152 Å². The molecule has 0 fully saturated rings. The van der Waals surface area contributed by atoms with Crippen molar-refractivity contribution in [2.24, 2.45) is 0 Å². The van der Waals surface area contributed by atoms with Crippen LogP contribution in [-0.4, -0.2) is 15.0 Å². The van der Waals surface area contributed by atoms with Gasteiger partial charge in [0.15, 0.2) is 17.5 Å². The van der Waals surface area contributed by atoms with E-state index >= 15 is 0 Å². The highest BCUT2D eigenvalue weighted by Crippen LogP contribution is 2.49. The Morgan fingerprint density at radius 1 is 0.391 bits per heavy atom. The first-order valence-corrected chi connectivity index (χ1v) is 15.5. The number of benzene rings is 6. The first-order chi connectivity index (χ1) is 22.5. The third kappa shape index (κ3) is 5.04. The molecule has 46 heavy (non-hydrogen) atoms. The van der Waals surface area contributed by atoms with E-state index in [4.69, 9.17) is 19.7 Å². The van der Waals surface area contributed by atoms with Gasteiger partial charge in [-0.1, -0.05) is 127 Å². The van der Waals surface area contributed by atoms with Gasteiger partial charge in [0.05, 0.1) is 5.56 Å². The predicted molar refractivity (Wildman–Crippen MR) is 186 cm³/mol. The quantitative estimate of drug-likeness (QED) is 0.199. The summed E-state index contributed by atoms with van der Waals surface area (Å²) in [5, 5.41) is 0. The highest BCUT2D eigenvalue weighted by atomic mass is 16.5. The second-order valence-electron chi connectivity index (χ2n) is 12.0. The molecule has 0 atom stereocenters. The number of nitrogens with zero attached hydrogens (tertiary/aromatic N) is 3. The van der Waals surface area contributed by atoms with Gasteiger partial charge in [-0.15, -0.1) is 0 Å². The van der Waals surface area contributed by atoms with Crippen LogP contribution >= 0.6 is 0 Å². The van der Waals surface area contributed by atoms with Crippen molar-refractivity contribution in [1.82, 2.24) is 15.0 Å². The van der Waals surface area contributed by atoms with Crippen LogP contribution in [0.4, 0.5) is 0 Å². The van der Waals surface area contributed by atoms with Crippen LogP contribution in [0.5, 0.6) is 5.75 Å². The zero-order valence-corrected chi connectivity index (χ0v) is 25.7. The Balaban J connectivity index is 1.37. The van der Waals surface area contributed by atoms with Gasteiger partial charge in [-0.25, -0.2) is 15.0 Å². The Hall–Kier alpha value is -5.87. The molecule has 0 saturated carbocycles. The molecule has 1 aliphatic rings. The summed E-state index contributed by atoms with van der Waals surface area (Å²) in [5.74, 6) is 2.57. The van der Waals surface area contributed by atoms with Crippen molar-refractivity contribution in [1.29, 1.82) is 0 Å². The summed E-state index contributed by atoms with van der Waals surface area (Å²) in [4.78, 5) is 15.3. The van der Waals surface area contributed by atoms with Crippen LogP contribution in [-0.2, 0) is 5.60 Å². The van der Waals surface area contributed by atoms with Crippen molar-refractivity contribution in [2.45, 2.75) is 19.4 Å². The van der Waals surface area contributed by atoms with Crippen LogP contribution in [0.3, 0.4) is 0 Å². The molecule has 6 aromatic carbocycles. The molecule has 0 bridgehead atoms. The molecule has 4 heteroatoms. The third-order valence-corrected chi connectivity index (χ3v) is 8.55. The number of rotatable bonds is 5. The monoisotopic (exact) mass is 593 g/mol. The Kier molecular flexibility index (Phi) is 6.76. The molecule has 0 N–H and O–H groups in total. The molecular formula is C42H31N3O. The first-order valence-electron chi connectivity index (χ1n) is 15.5. The Morgan fingerprint density at radius 3 is 1.48 bits per heavy atom. The normalized spacial score (nSPS) is 12.9. The summed E-state index contributed by atoms with van der Waals surface area (Å²) in [6.07, 6.45) is 0. The molecular weight excluding hydrogens is 562 g/mol. The lowest BCUT2D eigenvalue weighted by molar-refractivity contribution is 0.106. The van der Waals surface area contributed by atoms with E-state index in [-0.39, 0.29) is 0 Å². The van der Waals surface area contributed by atoms with Crippen molar-refractivity contribution in [3.63, 3.8) is 0 Å². The lowest BCUT2D eigenvalue weighted by Gasteiger charge is -2.35. The lowest BCUT2D eigenvalue weighted by atomic mass is 9.85. The van der Waals surface area contributed by atoms with Gasteiger partial charge in [0.25, 0.3) is 0 Å². The minimum absolute atomic E-state index is 0.521. The SMILES string of the molecule is CC1(C)Oc2c(-c3nc(-c4ccccc4)nc(-c4cc(-c5ccccc5)cc(-c5ccccc5)c4)n3)cccc2-c2ccccc21. The summed E-state index contributed by atoms with van der Waals surface area (Å²) >= 11 is 0. The molecule has 8 rings (SSSR count). The van der Waals surface area contributed by atoms with Crippen LogP contribution in [0, 0.1) is 0 Å². The van der Waals surface area contributed by atoms with Crippen molar-refractivity contribution < 1.29 is 4.74 Å². The average Bonchev–Trinajstić information content (AvgIpc) is 3.12. The van der Waals surface area contributed by atoms with Crippen LogP contribution in [0.1, 0.15) is 19.4 Å². The summed E-state index contributed by atoms with van der Waals surface area (Å²) < 4.78 is 6.78. The van der Waals surface area contributed by atoms with E-state index < -0.39 is 5.60 Å². The van der Waals surface area contributed by atoms with Gasteiger partial charge >= 0.3 is 0 Å². The summed E-state index contributed by atoms with van der Waals surface area (Å²) in [6, 6.07) is 52.2. The van der Waals surface area contributed by atoms with Gasteiger partial charge in [-0.3, -0.25) is 0 Å². The molecule has 7 aromatic rings. The van der Waals surface area contributed by atoms with Crippen molar-refractivity contribution in [3.05, 3.63) is 157 Å². The van der Waals surface area contributed by atoms with Crippen molar-refractivity contribution in [2.75, 3.05) is 0 Å². The minimum atomic E-state index is -0.521. The largest absolute Gasteiger partial charge is 0.482 e. The lowest BCUT2D eigenvalue weighted by Crippen LogP contribution is -2.29. The number of hydrogen-bond acceptors (Lipinski definition) is 4. The number of fused-ring (bicyclic) bond motifs is 3. The summed E-state index contributed by atoms with van der Waals surface area (Å²) in [7, 11) is 0. The zero-order valence-electron chi connectivity index (χ0n) is 25.7. The smallest absolute Gasteiger partial charge is 0.167 e. The fourth-order valence-corrected chi connectivity index (χ4v) is 6.28. The van der Waals surface area contributed by atoms with E-state index in [0.717, 1.165) is 61.4 Å². The molecule has 4 nitrogen and oxygen atoms in total. The van der Waals surface area contributed by atoms with Gasteiger partial charge in [0.1, 0.15) is 11.4 Å². The molecule has 0 aliphatic carbocycles. The van der Waals surface area contributed by atoms with E-state index in [1.807, 2.05) is 48.5 Å². The summed E-state index contributed by atoms with van der Waals surface area (Å²) in [6.45, 7) is 4.22. The van der Waals surface area contributed by atoms with E-state index in [2.05, 4.69) is 117 Å². The minimum Gasteiger partial charge on any atom is -0.482 e. The predicted octanol–water partition coefficient (Wildman–Crippen LogP) is 10.5. The Labute approximate surface area is 269 Å². The number of aromatic nitrogens is 3. The second kappa shape index (κ2) is 11.2. The van der Waals surface area contributed by atoms with E-state index in [9.17, 15) is 0 Å². The number of para-hydroxylation sites is 1. The molecule has 0 spiro atoms. The van der Waals surface area contributed by atoms with E-state index in [0.29, 0.717) is 17.5 Å². The van der Waals surface area contributed by atoms with Gasteiger partial charge in [0.2, 0.25) is 0 Å². The van der Waals surface area contributed by atoms with Crippen LogP contribution in [0.2, 0.25) is 0 Å². The van der Waals surface area contributed by atoms with Gasteiger partial charge in [-0.2, -0.15) is 0 Å². The maximum absolute atomic E-state index is 6.78. The molecule has 0 saturated heterocycles. The molecule has 0 amide bonds. The fourth-order valence-electron chi connectivity index (χ4n) is 6.28. The topological polar surface area (TPSA) is 47.9 Å². The van der Waals surface area contributed by atoms with E-state index in [1.165, 1.54) is 0 Å². The van der Waals surface area contributed by atoms with Gasteiger partial charge < -0.3 is 4.74 Å². The molecule has 0 unspecified atom stereocenters. The maximum Gasteiger partial charge on any atom is 0.167 e. The Morgan fingerprint density at radius 2 is 0.848 bits per heavy atom. The third-order valence-electron chi connectivity index (χ3n) is 8.55. The Bertz CT molecular complexity index is 2140. The number of ether oxygens (including phenoxy) is 1. The van der Waals surface area contributed by atoms with Gasteiger partial charge in [0, 0.05) is 22.3 Å². The second-order valence-corrected chi connectivity index (χ2v) is 12.0. The molecule has 1 aromatic heterocycles. The molecule has 1 aliphatic heterocycles. The summed E-state index contributed by atoms with van der Waals surface area (Å²) in [5.41, 5.74) is 9.96. The average molecular weight is 594 g/mol. The highest BCUT2D eigenvalue weighted by molar-refractivity contribution is 5.85. The first kappa shape index (κ1) is 27.7. The molecule has 0 radical (unpaired) electrons. The number of hydrogen-bond donors (Lipinski definition) is 0. The highest BCUT2D eigenvalue weighted by Gasteiger charge is 2.34. The molecule has 220 valence electrons. The van der Waals surface area contributed by atoms with Gasteiger partial charge in [-0.05, 0) is 65.9 Å². The van der Waals surface area contributed by atoms with Crippen LogP contribution in [0.25, 0.3) is 67.5 Å². The van der Waals surface area contributed by atoms with Crippen molar-refractivity contribution in [3.8, 4) is 73.3 Å². The maximum atomic E-state index is 6.78. The van der Waals surface area contributed by atoms with Crippen LogP contribution < -0.4 is 4.74 Å². The fraction of sp³-hybridized carbons (Fsp3) is 0.0714. The van der Waals surface area contributed by atoms with Crippen molar-refractivity contribution >= 4 is 0 Å². The molecule has 2 heterocycles. The van der Waals surface area contributed by atoms with E-state index in [1.54, 1.807) is 0 Å². The zero-order chi connectivity index (χ0) is 31.1. The standard InChI is InChI=1S/C42H31N3O/c1-42(2)37-24-13-12-21-34(37)35-22-14-23-36(38(35)46-42)41-44-39(30-19-10-5-11-20-30)43-40(45-41)33-26-31(28-15-6-3-7-16-28)25-32(27-33)29-17-8-4-9-18-29/h3-27H,1-2H3.